The van der Waals surface area contributed by atoms with Gasteiger partial charge in [0.1, 0.15) is 11.6 Å². The third kappa shape index (κ3) is 2.80. The zero-order chi connectivity index (χ0) is 19.3. The molecule has 2 aliphatic rings. The highest BCUT2D eigenvalue weighted by atomic mass is 16.6. The van der Waals surface area contributed by atoms with Gasteiger partial charge in [-0.3, -0.25) is 4.79 Å². The number of hydrogen-bond acceptors (Lipinski definition) is 6. The van der Waals surface area contributed by atoms with Gasteiger partial charge in [-0.25, -0.2) is 10.5 Å². The minimum atomic E-state index is -0.0507. The van der Waals surface area contributed by atoms with Crippen LogP contribution in [0.4, 0.5) is 0 Å². The van der Waals surface area contributed by atoms with E-state index in [-0.39, 0.29) is 18.0 Å². The normalized spacial score (nSPS) is 22.7. The first kappa shape index (κ1) is 17.4. The summed E-state index contributed by atoms with van der Waals surface area (Å²) < 4.78 is 7.61. The lowest BCUT2D eigenvalue weighted by Crippen LogP contribution is -2.34. The minimum absolute atomic E-state index is 0.0507. The van der Waals surface area contributed by atoms with E-state index < -0.39 is 0 Å². The summed E-state index contributed by atoms with van der Waals surface area (Å²) in [5.74, 6) is 1.81. The first-order chi connectivity index (χ1) is 13.6. The quantitative estimate of drug-likeness (QED) is 0.724. The highest BCUT2D eigenvalue weighted by Crippen LogP contribution is 2.34. The molecule has 1 aromatic carbocycles. The van der Waals surface area contributed by atoms with Crippen molar-refractivity contribution in [2.75, 3.05) is 13.2 Å². The molecule has 8 nitrogen and oxygen atoms in total. The van der Waals surface area contributed by atoms with Crippen molar-refractivity contribution >= 4 is 16.9 Å². The zero-order valence-corrected chi connectivity index (χ0v) is 16.0. The average Bonchev–Trinajstić information content (AvgIpc) is 3.38. The van der Waals surface area contributed by atoms with Gasteiger partial charge in [-0.05, 0) is 44.4 Å². The van der Waals surface area contributed by atoms with Crippen LogP contribution in [0.3, 0.4) is 0 Å². The Morgan fingerprint density at radius 1 is 1.25 bits per heavy atom. The number of hydroxylamine groups is 1. The molecular formula is C20H23N5O3. The first-order valence-electron chi connectivity index (χ1n) is 9.71. The molecule has 0 radical (unpaired) electrons. The molecule has 28 heavy (non-hydrogen) atoms. The number of benzene rings is 1. The predicted molar refractivity (Wildman–Crippen MR) is 102 cm³/mol. The van der Waals surface area contributed by atoms with Gasteiger partial charge in [-0.1, -0.05) is 11.2 Å². The second-order valence-electron chi connectivity index (χ2n) is 7.54. The van der Waals surface area contributed by atoms with Crippen molar-refractivity contribution < 1.29 is 14.2 Å². The summed E-state index contributed by atoms with van der Waals surface area (Å²) >= 11 is 0. The van der Waals surface area contributed by atoms with Crippen molar-refractivity contribution in [3.05, 3.63) is 35.5 Å². The van der Waals surface area contributed by atoms with E-state index in [1.165, 1.54) is 0 Å². The number of aromatic nitrogens is 3. The molecule has 2 fully saturated rings. The number of aryl methyl sites for hydroxylation is 2. The lowest BCUT2D eigenvalue weighted by Gasteiger charge is -2.27. The Morgan fingerprint density at radius 2 is 2.14 bits per heavy atom. The molecule has 5 rings (SSSR count). The largest absolute Gasteiger partial charge is 0.361 e. The van der Waals surface area contributed by atoms with Gasteiger partial charge in [0.2, 0.25) is 5.91 Å². The van der Waals surface area contributed by atoms with E-state index in [9.17, 15) is 4.79 Å². The number of rotatable bonds is 3. The van der Waals surface area contributed by atoms with Gasteiger partial charge in [-0.15, -0.1) is 0 Å². The van der Waals surface area contributed by atoms with Gasteiger partial charge in [-0.2, -0.15) is 0 Å². The van der Waals surface area contributed by atoms with E-state index >= 15 is 0 Å². The van der Waals surface area contributed by atoms with E-state index in [1.54, 1.807) is 0 Å². The molecule has 1 amide bonds. The fourth-order valence-electron chi connectivity index (χ4n) is 4.35. The third-order valence-electron chi connectivity index (χ3n) is 5.69. The van der Waals surface area contributed by atoms with Crippen molar-refractivity contribution in [1.82, 2.24) is 25.5 Å². The van der Waals surface area contributed by atoms with Crippen LogP contribution in [-0.4, -0.2) is 33.8 Å². The number of carbonyl (C=O) groups excluding carboxylic acids is 1. The van der Waals surface area contributed by atoms with Crippen molar-refractivity contribution in [3.63, 3.8) is 0 Å². The number of fused-ring (bicyclic) bond motifs is 1. The molecule has 0 saturated carbocycles. The lowest BCUT2D eigenvalue weighted by molar-refractivity contribution is -0.119. The van der Waals surface area contributed by atoms with Crippen molar-refractivity contribution in [3.8, 4) is 11.1 Å². The molecule has 2 saturated heterocycles. The van der Waals surface area contributed by atoms with Crippen LogP contribution in [0.5, 0.6) is 0 Å². The van der Waals surface area contributed by atoms with Crippen LogP contribution < -0.4 is 10.8 Å². The van der Waals surface area contributed by atoms with Crippen molar-refractivity contribution in [2.45, 2.75) is 45.2 Å². The van der Waals surface area contributed by atoms with Crippen molar-refractivity contribution in [1.29, 1.82) is 0 Å². The van der Waals surface area contributed by atoms with Crippen LogP contribution in [0.25, 0.3) is 22.2 Å². The predicted octanol–water partition coefficient (Wildman–Crippen LogP) is 2.73. The smallest absolute Gasteiger partial charge is 0.220 e. The minimum Gasteiger partial charge on any atom is -0.361 e. The van der Waals surface area contributed by atoms with Gasteiger partial charge in [0.15, 0.2) is 0 Å². The number of nitrogens with zero attached hydrogens (tertiary/aromatic N) is 3. The summed E-state index contributed by atoms with van der Waals surface area (Å²) in [6.07, 6.45) is 2.22. The fourth-order valence-corrected chi connectivity index (χ4v) is 4.35. The average molecular weight is 381 g/mol. The van der Waals surface area contributed by atoms with Gasteiger partial charge in [0, 0.05) is 18.5 Å². The topological polar surface area (TPSA) is 94.2 Å². The van der Waals surface area contributed by atoms with E-state index in [1.807, 2.05) is 13.8 Å². The Kier molecular flexibility index (Phi) is 4.17. The van der Waals surface area contributed by atoms with Gasteiger partial charge in [0.25, 0.3) is 0 Å². The Morgan fingerprint density at radius 3 is 2.82 bits per heavy atom. The molecule has 0 bridgehead atoms. The summed E-state index contributed by atoms with van der Waals surface area (Å²) in [6.45, 7) is 5.23. The first-order valence-corrected chi connectivity index (χ1v) is 9.71. The van der Waals surface area contributed by atoms with Gasteiger partial charge in [0.05, 0.1) is 35.4 Å². The Balaban J connectivity index is 1.65. The fraction of sp³-hybridized carbons (Fsp3) is 0.450. The van der Waals surface area contributed by atoms with E-state index in [0.717, 1.165) is 52.3 Å². The van der Waals surface area contributed by atoms with Crippen LogP contribution >= 0.6 is 0 Å². The number of amides is 1. The lowest BCUT2D eigenvalue weighted by atomic mass is 10.0. The summed E-state index contributed by atoms with van der Waals surface area (Å²) in [7, 11) is 0. The van der Waals surface area contributed by atoms with Crippen LogP contribution in [-0.2, 0) is 9.63 Å². The van der Waals surface area contributed by atoms with Crippen LogP contribution in [0.2, 0.25) is 0 Å². The molecular weight excluding hydrogens is 358 g/mol. The van der Waals surface area contributed by atoms with E-state index in [2.05, 4.69) is 38.7 Å². The number of nitrogens with one attached hydrogen (secondary N) is 2. The second-order valence-corrected chi connectivity index (χ2v) is 7.54. The number of hydrogen-bond donors (Lipinski definition) is 2. The number of imidazole rings is 1. The Labute approximate surface area is 162 Å². The van der Waals surface area contributed by atoms with Crippen molar-refractivity contribution in [2.24, 2.45) is 0 Å². The van der Waals surface area contributed by atoms with E-state index in [4.69, 9.17) is 14.3 Å². The number of carbonyl (C=O) groups is 1. The molecule has 146 valence electrons. The molecule has 1 unspecified atom stereocenters. The van der Waals surface area contributed by atoms with E-state index in [0.29, 0.717) is 19.6 Å². The molecule has 2 atom stereocenters. The zero-order valence-electron chi connectivity index (χ0n) is 16.0. The molecule has 0 aliphatic carbocycles. The monoisotopic (exact) mass is 381 g/mol. The molecule has 2 aromatic heterocycles. The Bertz CT molecular complexity index is 1030. The third-order valence-corrected chi connectivity index (χ3v) is 5.69. The molecule has 2 aliphatic heterocycles. The van der Waals surface area contributed by atoms with Crippen LogP contribution in [0.15, 0.2) is 22.7 Å². The standard InChI is InChI=1S/C20H23N5O3/c1-11-19(12(2)28-24-11)13-3-5-17-16(9-13)23-20(15-4-6-18(26)22-15)25(17)14-7-8-27-21-10-14/h3,5,9,14-15,21H,4,6-8,10H2,1-2H3,(H,22,26)/t14?,15-/m0/s1. The summed E-state index contributed by atoms with van der Waals surface area (Å²) in [5, 5.41) is 7.14. The van der Waals surface area contributed by atoms with Gasteiger partial charge < -0.3 is 19.2 Å². The highest BCUT2D eigenvalue weighted by molar-refractivity contribution is 5.84. The summed E-state index contributed by atoms with van der Waals surface area (Å²) in [4.78, 5) is 22.1. The summed E-state index contributed by atoms with van der Waals surface area (Å²) in [6, 6.07) is 6.48. The SMILES string of the molecule is Cc1noc(C)c1-c1ccc2c(c1)nc([C@@H]1CCC(=O)N1)n2C1CCONC1. The molecule has 2 N–H and O–H groups in total. The molecule has 3 aromatic rings. The maximum Gasteiger partial charge on any atom is 0.220 e. The highest BCUT2D eigenvalue weighted by Gasteiger charge is 2.31. The van der Waals surface area contributed by atoms with Crippen LogP contribution in [0, 0.1) is 13.8 Å². The summed E-state index contributed by atoms with van der Waals surface area (Å²) in [5.41, 5.74) is 7.92. The maximum absolute atomic E-state index is 11.8. The van der Waals surface area contributed by atoms with Gasteiger partial charge >= 0.3 is 0 Å². The molecule has 0 spiro atoms. The second kappa shape index (κ2) is 6.72. The van der Waals surface area contributed by atoms with Crippen LogP contribution in [0.1, 0.15) is 48.6 Å². The molecule has 4 heterocycles. The maximum atomic E-state index is 11.8. The Hall–Kier alpha value is -2.71. The molecule has 8 heteroatoms.